The largest absolute Gasteiger partial charge is 0.496 e. The van der Waals surface area contributed by atoms with E-state index < -0.39 is 0 Å². The summed E-state index contributed by atoms with van der Waals surface area (Å²) in [5, 5.41) is 11.7. The number of rotatable bonds is 6. The van der Waals surface area contributed by atoms with Gasteiger partial charge in [0.1, 0.15) is 11.5 Å². The van der Waals surface area contributed by atoms with Crippen molar-refractivity contribution in [2.45, 2.75) is 19.8 Å². The van der Waals surface area contributed by atoms with Gasteiger partial charge in [0.2, 0.25) is 0 Å². The Labute approximate surface area is 102 Å². The molecule has 1 N–H and O–H groups in total. The van der Waals surface area contributed by atoms with Crippen LogP contribution in [0.3, 0.4) is 0 Å². The maximum Gasteiger partial charge on any atom is 0.148 e. The summed E-state index contributed by atoms with van der Waals surface area (Å²) in [6.45, 7) is 2.72. The molecular formula is C13H18N2O2. The van der Waals surface area contributed by atoms with Crippen LogP contribution in [-0.2, 0) is 0 Å². The fraction of sp³-hybridized carbons (Fsp3) is 0.462. The molecule has 4 nitrogen and oxygen atoms in total. The Kier molecular flexibility index (Phi) is 5.15. The highest BCUT2D eigenvalue weighted by atomic mass is 16.5. The zero-order valence-electron chi connectivity index (χ0n) is 10.5. The molecule has 0 aliphatic rings. The minimum Gasteiger partial charge on any atom is -0.496 e. The van der Waals surface area contributed by atoms with Crippen LogP contribution in [0.25, 0.3) is 0 Å². The van der Waals surface area contributed by atoms with Crippen LogP contribution in [0.15, 0.2) is 12.1 Å². The molecule has 0 saturated heterocycles. The van der Waals surface area contributed by atoms with Gasteiger partial charge < -0.3 is 14.8 Å². The van der Waals surface area contributed by atoms with E-state index in [0.29, 0.717) is 6.42 Å². The highest BCUT2D eigenvalue weighted by Crippen LogP contribution is 2.34. The van der Waals surface area contributed by atoms with Gasteiger partial charge in [-0.15, -0.1) is 0 Å². The summed E-state index contributed by atoms with van der Waals surface area (Å²) in [6.07, 6.45) is 1.38. The number of ether oxygens (including phenoxy) is 2. The third-order valence-electron chi connectivity index (χ3n) is 2.56. The van der Waals surface area contributed by atoms with E-state index in [1.165, 1.54) is 0 Å². The van der Waals surface area contributed by atoms with Crippen LogP contribution >= 0.6 is 0 Å². The molecule has 0 unspecified atom stereocenters. The quantitative estimate of drug-likeness (QED) is 0.769. The van der Waals surface area contributed by atoms with Crippen LogP contribution in [-0.4, -0.2) is 20.8 Å². The van der Waals surface area contributed by atoms with Gasteiger partial charge in [-0.25, -0.2) is 0 Å². The van der Waals surface area contributed by atoms with Gasteiger partial charge in [-0.2, -0.15) is 5.26 Å². The number of nitrogens with zero attached hydrogens (tertiary/aromatic N) is 1. The predicted molar refractivity (Wildman–Crippen MR) is 67.6 cm³/mol. The summed E-state index contributed by atoms with van der Waals surface area (Å²) in [5.41, 5.74) is 1.91. The fourth-order valence-corrected chi connectivity index (χ4v) is 1.69. The lowest BCUT2D eigenvalue weighted by Crippen LogP contribution is -2.04. The van der Waals surface area contributed by atoms with Gasteiger partial charge in [0.05, 0.1) is 26.0 Å². The molecule has 0 amide bonds. The number of nitrogens with one attached hydrogen (secondary N) is 1. The maximum atomic E-state index is 8.46. The van der Waals surface area contributed by atoms with Gasteiger partial charge in [-0.3, -0.25) is 0 Å². The van der Waals surface area contributed by atoms with Crippen molar-refractivity contribution in [1.29, 1.82) is 5.26 Å². The number of methoxy groups -OCH3 is 2. The molecule has 0 spiro atoms. The zero-order chi connectivity index (χ0) is 12.7. The van der Waals surface area contributed by atoms with Gasteiger partial charge in [0, 0.05) is 18.5 Å². The molecule has 92 valence electrons. The van der Waals surface area contributed by atoms with E-state index in [4.69, 9.17) is 14.7 Å². The summed E-state index contributed by atoms with van der Waals surface area (Å²) >= 11 is 0. The molecule has 0 aliphatic heterocycles. The van der Waals surface area contributed by atoms with Crippen LogP contribution in [0.1, 0.15) is 18.4 Å². The monoisotopic (exact) mass is 234 g/mol. The Morgan fingerprint density at radius 3 is 2.65 bits per heavy atom. The minimum atomic E-state index is 0.560. The average molecular weight is 234 g/mol. The first-order chi connectivity index (χ1) is 8.24. The Balaban J connectivity index is 2.78. The average Bonchev–Trinajstić information content (AvgIpc) is 2.35. The zero-order valence-corrected chi connectivity index (χ0v) is 10.5. The smallest absolute Gasteiger partial charge is 0.148 e. The lowest BCUT2D eigenvalue weighted by Gasteiger charge is -2.15. The highest BCUT2D eigenvalue weighted by Gasteiger charge is 2.10. The molecule has 0 radical (unpaired) electrons. The molecule has 4 heteroatoms. The van der Waals surface area contributed by atoms with E-state index >= 15 is 0 Å². The Bertz CT molecular complexity index is 411. The number of anilines is 1. The third kappa shape index (κ3) is 3.28. The van der Waals surface area contributed by atoms with E-state index in [1.54, 1.807) is 14.2 Å². The van der Waals surface area contributed by atoms with Crippen LogP contribution < -0.4 is 14.8 Å². The first-order valence-corrected chi connectivity index (χ1v) is 5.57. The highest BCUT2D eigenvalue weighted by molar-refractivity contribution is 5.63. The molecule has 1 rings (SSSR count). The molecule has 1 aromatic rings. The van der Waals surface area contributed by atoms with Crippen LogP contribution in [0, 0.1) is 18.3 Å². The van der Waals surface area contributed by atoms with Gasteiger partial charge in [0.25, 0.3) is 0 Å². The third-order valence-corrected chi connectivity index (χ3v) is 2.56. The molecule has 0 heterocycles. The van der Waals surface area contributed by atoms with Crippen molar-refractivity contribution in [3.8, 4) is 17.6 Å². The molecule has 0 atom stereocenters. The second-order valence-corrected chi connectivity index (χ2v) is 3.66. The number of hydrogen-bond acceptors (Lipinski definition) is 4. The topological polar surface area (TPSA) is 54.3 Å². The van der Waals surface area contributed by atoms with Crippen molar-refractivity contribution in [1.82, 2.24) is 0 Å². The van der Waals surface area contributed by atoms with Gasteiger partial charge in [-0.1, -0.05) is 0 Å². The van der Waals surface area contributed by atoms with E-state index in [0.717, 1.165) is 35.7 Å². The summed E-state index contributed by atoms with van der Waals surface area (Å²) in [5.74, 6) is 1.60. The molecule has 0 saturated carbocycles. The molecule has 1 aromatic carbocycles. The van der Waals surface area contributed by atoms with Crippen molar-refractivity contribution in [3.05, 3.63) is 17.7 Å². The van der Waals surface area contributed by atoms with E-state index in [9.17, 15) is 0 Å². The molecular weight excluding hydrogens is 216 g/mol. The molecule has 0 bridgehead atoms. The molecule has 0 aliphatic carbocycles. The first-order valence-electron chi connectivity index (χ1n) is 5.57. The minimum absolute atomic E-state index is 0.560. The van der Waals surface area contributed by atoms with Crippen LogP contribution in [0.4, 0.5) is 5.69 Å². The van der Waals surface area contributed by atoms with E-state index in [1.807, 2.05) is 19.1 Å². The molecule has 17 heavy (non-hydrogen) atoms. The Morgan fingerprint density at radius 2 is 2.06 bits per heavy atom. The van der Waals surface area contributed by atoms with E-state index in [2.05, 4.69) is 11.4 Å². The fourth-order valence-electron chi connectivity index (χ4n) is 1.69. The number of benzene rings is 1. The van der Waals surface area contributed by atoms with Crippen LogP contribution in [0.2, 0.25) is 0 Å². The van der Waals surface area contributed by atoms with Gasteiger partial charge >= 0.3 is 0 Å². The van der Waals surface area contributed by atoms with E-state index in [-0.39, 0.29) is 0 Å². The number of unbranched alkanes of at least 4 members (excludes halogenated alkanes) is 1. The lowest BCUT2D eigenvalue weighted by molar-refractivity contribution is 0.390. The van der Waals surface area contributed by atoms with Crippen molar-refractivity contribution in [2.75, 3.05) is 26.1 Å². The number of nitriles is 1. The van der Waals surface area contributed by atoms with Crippen LogP contribution in [0.5, 0.6) is 11.5 Å². The second-order valence-electron chi connectivity index (χ2n) is 3.66. The van der Waals surface area contributed by atoms with Crippen molar-refractivity contribution in [2.24, 2.45) is 0 Å². The van der Waals surface area contributed by atoms with Crippen molar-refractivity contribution >= 4 is 5.69 Å². The molecule has 0 fully saturated rings. The van der Waals surface area contributed by atoms with Gasteiger partial charge in [-0.05, 0) is 25.5 Å². The summed E-state index contributed by atoms with van der Waals surface area (Å²) in [6, 6.07) is 5.96. The predicted octanol–water partition coefficient (Wildman–Crippen LogP) is 2.73. The normalized spacial score (nSPS) is 9.53. The summed E-state index contributed by atoms with van der Waals surface area (Å²) in [4.78, 5) is 0. The lowest BCUT2D eigenvalue weighted by atomic mass is 10.1. The number of hydrogen-bond donors (Lipinski definition) is 1. The van der Waals surface area contributed by atoms with Gasteiger partial charge in [0.15, 0.2) is 0 Å². The summed E-state index contributed by atoms with van der Waals surface area (Å²) in [7, 11) is 3.28. The standard InChI is InChI=1S/C13H18N2O2/c1-10-12(16-2)7-6-11(13(10)17-3)15-9-5-4-8-14/h6-7,15H,4-5,9H2,1-3H3. The summed E-state index contributed by atoms with van der Waals surface area (Å²) < 4.78 is 10.6. The SMILES string of the molecule is COc1ccc(NCCCC#N)c(OC)c1C. The van der Waals surface area contributed by atoms with Crippen molar-refractivity contribution in [3.63, 3.8) is 0 Å². The Hall–Kier alpha value is -1.89. The maximum absolute atomic E-state index is 8.46. The van der Waals surface area contributed by atoms with Crippen molar-refractivity contribution < 1.29 is 9.47 Å². The Morgan fingerprint density at radius 1 is 1.29 bits per heavy atom. The second kappa shape index (κ2) is 6.64. The first kappa shape index (κ1) is 13.2. The molecule has 0 aromatic heterocycles.